The number of H-pyrrole nitrogens is 1. The second kappa shape index (κ2) is 8.28. The topological polar surface area (TPSA) is 87.0 Å². The third kappa shape index (κ3) is 4.35. The molecule has 4 rings (SSSR count). The molecule has 29 heavy (non-hydrogen) atoms. The SMILES string of the molecule is O=C(N=Nc1c(O)[nH]c2ccc(Br)cc12)c1ccc(OCc2ccccc2)cc1. The fraction of sp³-hybridized carbons (Fsp3) is 0.0455. The number of fused-ring (bicyclic) bond motifs is 1. The second-order valence-electron chi connectivity index (χ2n) is 6.32. The molecule has 144 valence electrons. The van der Waals surface area contributed by atoms with E-state index >= 15 is 0 Å². The molecule has 1 amide bonds. The summed E-state index contributed by atoms with van der Waals surface area (Å²) >= 11 is 3.38. The van der Waals surface area contributed by atoms with Crippen LogP contribution in [0.2, 0.25) is 0 Å². The van der Waals surface area contributed by atoms with E-state index in [4.69, 9.17) is 4.74 Å². The zero-order chi connectivity index (χ0) is 20.2. The molecule has 0 saturated carbocycles. The van der Waals surface area contributed by atoms with Crippen LogP contribution < -0.4 is 4.74 Å². The lowest BCUT2D eigenvalue weighted by atomic mass is 10.2. The third-order valence-corrected chi connectivity index (χ3v) is 4.80. The van der Waals surface area contributed by atoms with Crippen LogP contribution in [-0.4, -0.2) is 16.0 Å². The Balaban J connectivity index is 1.46. The van der Waals surface area contributed by atoms with Gasteiger partial charge in [-0.3, -0.25) is 4.79 Å². The summed E-state index contributed by atoms with van der Waals surface area (Å²) in [6, 6.07) is 22.0. The van der Waals surface area contributed by atoms with Crippen LogP contribution in [0.15, 0.2) is 87.5 Å². The maximum Gasteiger partial charge on any atom is 0.295 e. The molecule has 0 atom stereocenters. The van der Waals surface area contributed by atoms with Gasteiger partial charge in [0.1, 0.15) is 12.4 Å². The molecule has 3 aromatic carbocycles. The lowest BCUT2D eigenvalue weighted by Crippen LogP contribution is -1.97. The van der Waals surface area contributed by atoms with Crippen molar-refractivity contribution >= 4 is 38.4 Å². The Labute approximate surface area is 175 Å². The van der Waals surface area contributed by atoms with E-state index in [1.165, 1.54) is 0 Å². The number of nitrogens with zero attached hydrogens (tertiary/aromatic N) is 2. The number of aromatic amines is 1. The van der Waals surface area contributed by atoms with Crippen molar-refractivity contribution in [3.05, 3.63) is 88.4 Å². The Morgan fingerprint density at radius 3 is 2.55 bits per heavy atom. The summed E-state index contributed by atoms with van der Waals surface area (Å²) in [4.78, 5) is 15.1. The number of benzene rings is 3. The van der Waals surface area contributed by atoms with Crippen molar-refractivity contribution < 1.29 is 14.6 Å². The predicted octanol–water partition coefficient (Wildman–Crippen LogP) is 6.14. The molecule has 0 aliphatic carbocycles. The maximum atomic E-state index is 12.3. The smallest absolute Gasteiger partial charge is 0.295 e. The van der Waals surface area contributed by atoms with E-state index in [9.17, 15) is 9.90 Å². The Bertz CT molecular complexity index is 1190. The fourth-order valence-corrected chi connectivity index (χ4v) is 3.19. The van der Waals surface area contributed by atoms with Gasteiger partial charge in [0.15, 0.2) is 5.69 Å². The number of ether oxygens (including phenoxy) is 1. The van der Waals surface area contributed by atoms with Crippen molar-refractivity contribution in [3.63, 3.8) is 0 Å². The van der Waals surface area contributed by atoms with Gasteiger partial charge < -0.3 is 14.8 Å². The zero-order valence-corrected chi connectivity index (χ0v) is 16.8. The van der Waals surface area contributed by atoms with E-state index < -0.39 is 5.91 Å². The summed E-state index contributed by atoms with van der Waals surface area (Å²) in [5.74, 6) is 0.00383. The number of carbonyl (C=O) groups excluding carboxylic acids is 1. The van der Waals surface area contributed by atoms with Crippen molar-refractivity contribution in [3.8, 4) is 11.6 Å². The Hall–Kier alpha value is -3.45. The minimum absolute atomic E-state index is 0.140. The number of hydrogen-bond acceptors (Lipinski definition) is 4. The van der Waals surface area contributed by atoms with E-state index in [0.29, 0.717) is 28.8 Å². The molecule has 1 heterocycles. The van der Waals surface area contributed by atoms with Crippen molar-refractivity contribution in [1.29, 1.82) is 0 Å². The van der Waals surface area contributed by atoms with Gasteiger partial charge in [-0.15, -0.1) is 10.2 Å². The third-order valence-electron chi connectivity index (χ3n) is 4.30. The summed E-state index contributed by atoms with van der Waals surface area (Å²) < 4.78 is 6.55. The fourth-order valence-electron chi connectivity index (χ4n) is 2.82. The number of rotatable bonds is 5. The van der Waals surface area contributed by atoms with Gasteiger partial charge in [0.25, 0.3) is 5.91 Å². The molecule has 0 fully saturated rings. The first-order chi connectivity index (χ1) is 14.1. The lowest BCUT2D eigenvalue weighted by Gasteiger charge is -2.06. The molecule has 0 spiro atoms. The highest BCUT2D eigenvalue weighted by Gasteiger charge is 2.12. The van der Waals surface area contributed by atoms with E-state index in [1.807, 2.05) is 36.4 Å². The number of carbonyl (C=O) groups is 1. The molecule has 2 N–H and O–H groups in total. The number of aromatic nitrogens is 1. The van der Waals surface area contributed by atoms with Crippen molar-refractivity contribution in [2.75, 3.05) is 0 Å². The van der Waals surface area contributed by atoms with Gasteiger partial charge >= 0.3 is 0 Å². The first-order valence-electron chi connectivity index (χ1n) is 8.83. The number of halogens is 1. The number of nitrogens with one attached hydrogen (secondary N) is 1. The Morgan fingerprint density at radius 2 is 1.79 bits per heavy atom. The number of hydrogen-bond donors (Lipinski definition) is 2. The average molecular weight is 450 g/mol. The van der Waals surface area contributed by atoms with Crippen molar-refractivity contribution in [2.45, 2.75) is 6.61 Å². The minimum Gasteiger partial charge on any atom is -0.493 e. The zero-order valence-electron chi connectivity index (χ0n) is 15.2. The highest BCUT2D eigenvalue weighted by molar-refractivity contribution is 9.10. The summed E-state index contributed by atoms with van der Waals surface area (Å²) in [5.41, 5.74) is 2.36. The highest BCUT2D eigenvalue weighted by Crippen LogP contribution is 2.36. The van der Waals surface area contributed by atoms with E-state index in [1.54, 1.807) is 36.4 Å². The maximum absolute atomic E-state index is 12.3. The van der Waals surface area contributed by atoms with Crippen LogP contribution in [-0.2, 0) is 6.61 Å². The molecule has 0 bridgehead atoms. The molecule has 0 saturated heterocycles. The summed E-state index contributed by atoms with van der Waals surface area (Å²) in [5, 5.41) is 18.4. The highest BCUT2D eigenvalue weighted by atomic mass is 79.9. The molecule has 4 aromatic rings. The molecule has 0 unspecified atom stereocenters. The van der Waals surface area contributed by atoms with Crippen LogP contribution in [0.1, 0.15) is 15.9 Å². The van der Waals surface area contributed by atoms with E-state index in [0.717, 1.165) is 10.0 Å². The molecular formula is C22H16BrN3O3. The van der Waals surface area contributed by atoms with Crippen LogP contribution in [0.5, 0.6) is 11.6 Å². The minimum atomic E-state index is -0.511. The molecule has 0 aliphatic heterocycles. The van der Waals surface area contributed by atoms with Gasteiger partial charge in [0, 0.05) is 15.4 Å². The Morgan fingerprint density at radius 1 is 1.03 bits per heavy atom. The monoisotopic (exact) mass is 449 g/mol. The van der Waals surface area contributed by atoms with Gasteiger partial charge in [0.05, 0.1) is 5.52 Å². The summed E-state index contributed by atoms with van der Waals surface area (Å²) in [6.07, 6.45) is 0. The predicted molar refractivity (Wildman–Crippen MR) is 114 cm³/mol. The van der Waals surface area contributed by atoms with Crippen LogP contribution >= 0.6 is 15.9 Å². The number of amides is 1. The second-order valence-corrected chi connectivity index (χ2v) is 7.23. The Kier molecular flexibility index (Phi) is 5.39. The van der Waals surface area contributed by atoms with Gasteiger partial charge in [-0.25, -0.2) is 0 Å². The standard InChI is InChI=1S/C22H16BrN3O3/c23-16-8-11-19-18(12-16)20(22(28)24-19)25-26-21(27)15-6-9-17(10-7-15)29-13-14-4-2-1-3-5-14/h1-12,24,28H,13H2. The first kappa shape index (κ1) is 18.9. The largest absolute Gasteiger partial charge is 0.493 e. The van der Waals surface area contributed by atoms with E-state index in [-0.39, 0.29) is 11.6 Å². The van der Waals surface area contributed by atoms with Crippen LogP contribution in [0, 0.1) is 0 Å². The molecule has 7 heteroatoms. The van der Waals surface area contributed by atoms with Crippen LogP contribution in [0.25, 0.3) is 10.9 Å². The summed E-state index contributed by atoms with van der Waals surface area (Å²) in [7, 11) is 0. The molecule has 0 radical (unpaired) electrons. The normalized spacial score (nSPS) is 11.2. The van der Waals surface area contributed by atoms with Crippen LogP contribution in [0.3, 0.4) is 0 Å². The van der Waals surface area contributed by atoms with Gasteiger partial charge in [-0.2, -0.15) is 0 Å². The summed E-state index contributed by atoms with van der Waals surface area (Å²) in [6.45, 7) is 0.448. The lowest BCUT2D eigenvalue weighted by molar-refractivity contribution is 0.0995. The molecule has 1 aromatic heterocycles. The number of aromatic hydroxyl groups is 1. The van der Waals surface area contributed by atoms with Gasteiger partial charge in [0.2, 0.25) is 5.88 Å². The van der Waals surface area contributed by atoms with Crippen LogP contribution in [0.4, 0.5) is 5.69 Å². The molecular weight excluding hydrogens is 434 g/mol. The molecule has 6 nitrogen and oxygen atoms in total. The van der Waals surface area contributed by atoms with Gasteiger partial charge in [-0.1, -0.05) is 46.3 Å². The quantitative estimate of drug-likeness (QED) is 0.358. The average Bonchev–Trinajstić information content (AvgIpc) is 3.06. The molecule has 0 aliphatic rings. The first-order valence-corrected chi connectivity index (χ1v) is 9.62. The van der Waals surface area contributed by atoms with Gasteiger partial charge in [-0.05, 0) is 48.0 Å². The van der Waals surface area contributed by atoms with Crippen molar-refractivity contribution in [2.24, 2.45) is 10.2 Å². The number of azo groups is 1. The van der Waals surface area contributed by atoms with Crippen molar-refractivity contribution in [1.82, 2.24) is 4.98 Å². The van der Waals surface area contributed by atoms with E-state index in [2.05, 4.69) is 31.1 Å².